The Bertz CT molecular complexity index is 658. The molecule has 6 nitrogen and oxygen atoms in total. The van der Waals surface area contributed by atoms with Gasteiger partial charge in [0, 0.05) is 30.6 Å². The van der Waals surface area contributed by atoms with E-state index in [0.29, 0.717) is 50.1 Å². The van der Waals surface area contributed by atoms with Crippen molar-refractivity contribution in [3.63, 3.8) is 0 Å². The Balaban J connectivity index is 1.14. The third-order valence-corrected chi connectivity index (χ3v) is 8.25. The van der Waals surface area contributed by atoms with Gasteiger partial charge in [0.05, 0.1) is 16.9 Å². The van der Waals surface area contributed by atoms with E-state index in [0.717, 1.165) is 19.4 Å². The van der Waals surface area contributed by atoms with E-state index in [9.17, 15) is 14.0 Å². The molecule has 0 radical (unpaired) electrons. The largest absolute Gasteiger partial charge is 0.368 e. The summed E-state index contributed by atoms with van der Waals surface area (Å²) in [5.41, 5.74) is -0.545. The minimum Gasteiger partial charge on any atom is -0.368 e. The highest BCUT2D eigenvalue weighted by Crippen LogP contribution is 2.67. The van der Waals surface area contributed by atoms with Crippen LogP contribution in [0.2, 0.25) is 0 Å². The Morgan fingerprint density at radius 2 is 1.90 bits per heavy atom. The number of rotatable bonds is 7. The fraction of sp³-hybridized carbons (Fsp3) is 0.909. The second kappa shape index (κ2) is 8.55. The summed E-state index contributed by atoms with van der Waals surface area (Å²) in [5, 5.41) is 9.32. The van der Waals surface area contributed by atoms with Gasteiger partial charge in [-0.25, -0.2) is 4.39 Å². The van der Waals surface area contributed by atoms with Crippen molar-refractivity contribution in [1.82, 2.24) is 16.0 Å². The van der Waals surface area contributed by atoms with Gasteiger partial charge in [0.15, 0.2) is 0 Å². The van der Waals surface area contributed by atoms with Crippen LogP contribution in [0, 0.1) is 11.3 Å². The monoisotopic (exact) mass is 443 g/mol. The van der Waals surface area contributed by atoms with E-state index < -0.39 is 11.5 Å². The number of amides is 2. The molecule has 4 aliphatic carbocycles. The average Bonchev–Trinajstić information content (AvgIpc) is 2.63. The second-order valence-corrected chi connectivity index (χ2v) is 10.9. The first kappa shape index (κ1) is 22.3. The SMILES string of the molecule is CC1CCC(CNC(=O)C23CC(NC(=O)COC4CCC(Cl)C(F)C4)(C2)C3)C(C)N1. The van der Waals surface area contributed by atoms with Gasteiger partial charge in [0.25, 0.3) is 0 Å². The predicted octanol–water partition coefficient (Wildman–Crippen LogP) is 2.43. The Labute approximate surface area is 183 Å². The molecule has 3 N–H and O–H groups in total. The molecule has 1 heterocycles. The van der Waals surface area contributed by atoms with E-state index in [2.05, 4.69) is 29.8 Å². The lowest BCUT2D eigenvalue weighted by Crippen LogP contribution is -2.78. The molecule has 170 valence electrons. The Morgan fingerprint density at radius 1 is 1.17 bits per heavy atom. The fourth-order valence-electron chi connectivity index (χ4n) is 5.95. The highest BCUT2D eigenvalue weighted by atomic mass is 35.5. The smallest absolute Gasteiger partial charge is 0.246 e. The molecule has 5 aliphatic rings. The summed E-state index contributed by atoms with van der Waals surface area (Å²) in [6, 6.07) is 0.964. The molecule has 5 fully saturated rings. The van der Waals surface area contributed by atoms with E-state index >= 15 is 0 Å². The average molecular weight is 444 g/mol. The second-order valence-electron chi connectivity index (χ2n) is 10.3. The van der Waals surface area contributed by atoms with Crippen molar-refractivity contribution in [3.8, 4) is 0 Å². The maximum Gasteiger partial charge on any atom is 0.246 e. The topological polar surface area (TPSA) is 79.5 Å². The molecule has 2 bridgehead atoms. The van der Waals surface area contributed by atoms with Crippen LogP contribution in [0.3, 0.4) is 0 Å². The van der Waals surface area contributed by atoms with Crippen LogP contribution < -0.4 is 16.0 Å². The summed E-state index contributed by atoms with van der Waals surface area (Å²) < 4.78 is 19.3. The van der Waals surface area contributed by atoms with Crippen molar-refractivity contribution >= 4 is 23.4 Å². The first-order valence-corrected chi connectivity index (χ1v) is 11.9. The maximum absolute atomic E-state index is 13.7. The number of nitrogens with one attached hydrogen (secondary N) is 3. The van der Waals surface area contributed by atoms with Gasteiger partial charge < -0.3 is 20.7 Å². The number of alkyl halides is 2. The number of ether oxygens (including phenoxy) is 1. The Hall–Kier alpha value is -0.920. The van der Waals surface area contributed by atoms with E-state index in [1.807, 2.05) is 0 Å². The summed E-state index contributed by atoms with van der Waals surface area (Å²) in [6.07, 6.45) is 4.60. The normalized spacial score (nSPS) is 45.1. The third kappa shape index (κ3) is 4.49. The van der Waals surface area contributed by atoms with Crippen LogP contribution in [0.5, 0.6) is 0 Å². The quantitative estimate of drug-likeness (QED) is 0.528. The van der Waals surface area contributed by atoms with Gasteiger partial charge in [-0.3, -0.25) is 9.59 Å². The van der Waals surface area contributed by atoms with Gasteiger partial charge >= 0.3 is 0 Å². The van der Waals surface area contributed by atoms with Crippen LogP contribution in [-0.4, -0.2) is 60.2 Å². The van der Waals surface area contributed by atoms with Crippen molar-refractivity contribution in [2.75, 3.05) is 13.2 Å². The van der Waals surface area contributed by atoms with Crippen LogP contribution in [0.25, 0.3) is 0 Å². The molecule has 1 saturated heterocycles. The zero-order chi connectivity index (χ0) is 21.5. The number of carbonyl (C=O) groups is 2. The van der Waals surface area contributed by atoms with Gasteiger partial charge in [-0.05, 0) is 64.7 Å². The number of halogens is 2. The molecule has 5 rings (SSSR count). The van der Waals surface area contributed by atoms with Gasteiger partial charge in [-0.2, -0.15) is 0 Å². The van der Waals surface area contributed by atoms with E-state index in [-0.39, 0.29) is 41.9 Å². The summed E-state index contributed by atoms with van der Waals surface area (Å²) in [7, 11) is 0. The highest BCUT2D eigenvalue weighted by Gasteiger charge is 2.72. The fourth-order valence-corrected chi connectivity index (χ4v) is 6.18. The lowest BCUT2D eigenvalue weighted by molar-refractivity contribution is -0.185. The number of hydrogen-bond donors (Lipinski definition) is 3. The number of piperidine rings is 1. The minimum absolute atomic E-state index is 0.0592. The Morgan fingerprint density at radius 3 is 2.57 bits per heavy atom. The minimum atomic E-state index is -1.07. The van der Waals surface area contributed by atoms with E-state index in [4.69, 9.17) is 16.3 Å². The molecule has 30 heavy (non-hydrogen) atoms. The van der Waals surface area contributed by atoms with Crippen LogP contribution in [0.4, 0.5) is 4.39 Å². The van der Waals surface area contributed by atoms with Crippen molar-refractivity contribution in [2.24, 2.45) is 11.3 Å². The molecule has 0 aromatic carbocycles. The molecule has 0 aromatic heterocycles. The van der Waals surface area contributed by atoms with Crippen LogP contribution >= 0.6 is 11.6 Å². The molecule has 8 heteroatoms. The molecule has 4 saturated carbocycles. The van der Waals surface area contributed by atoms with Gasteiger partial charge in [0.2, 0.25) is 11.8 Å². The molecule has 0 aromatic rings. The molecule has 6 atom stereocenters. The summed E-state index contributed by atoms with van der Waals surface area (Å²) in [5.74, 6) is 0.428. The van der Waals surface area contributed by atoms with Gasteiger partial charge in [-0.15, -0.1) is 11.6 Å². The Kier molecular flexibility index (Phi) is 6.35. The van der Waals surface area contributed by atoms with Gasteiger partial charge in [-0.1, -0.05) is 0 Å². The molecule has 1 aliphatic heterocycles. The molecule has 0 spiro atoms. The number of hydrogen-bond acceptors (Lipinski definition) is 4. The number of carbonyl (C=O) groups excluding carboxylic acids is 2. The summed E-state index contributed by atoms with van der Waals surface area (Å²) >= 11 is 5.89. The van der Waals surface area contributed by atoms with Crippen molar-refractivity contribution < 1.29 is 18.7 Å². The lowest BCUT2D eigenvalue weighted by Gasteiger charge is -2.69. The van der Waals surface area contributed by atoms with Crippen molar-refractivity contribution in [2.45, 2.75) is 100 Å². The maximum atomic E-state index is 13.7. The predicted molar refractivity (Wildman–Crippen MR) is 113 cm³/mol. The molecular weight excluding hydrogens is 409 g/mol. The first-order chi connectivity index (χ1) is 14.2. The van der Waals surface area contributed by atoms with Crippen LogP contribution in [0.1, 0.15) is 65.2 Å². The summed E-state index contributed by atoms with van der Waals surface area (Å²) in [4.78, 5) is 25.0. The summed E-state index contributed by atoms with van der Waals surface area (Å²) in [6.45, 7) is 5.05. The zero-order valence-corrected chi connectivity index (χ0v) is 18.8. The highest BCUT2D eigenvalue weighted by molar-refractivity contribution is 6.21. The van der Waals surface area contributed by atoms with E-state index in [1.54, 1.807) is 0 Å². The lowest BCUT2D eigenvalue weighted by atomic mass is 9.39. The van der Waals surface area contributed by atoms with Crippen molar-refractivity contribution in [1.29, 1.82) is 0 Å². The molecule has 6 unspecified atom stereocenters. The van der Waals surface area contributed by atoms with E-state index in [1.165, 1.54) is 0 Å². The molecular formula is C22H35ClFN3O3. The standard InChI is InChI=1S/C22H35ClFN3O3/c1-13-3-4-15(14(2)26-13)8-25-20(29)21-10-22(11-21,12-21)27-19(28)9-30-16-5-6-17(23)18(24)7-16/h13-18,26H,3-12H2,1-2H3,(H,25,29)(H,27,28). The first-order valence-electron chi connectivity index (χ1n) is 11.5. The zero-order valence-electron chi connectivity index (χ0n) is 18.0. The van der Waals surface area contributed by atoms with Crippen LogP contribution in [0.15, 0.2) is 0 Å². The van der Waals surface area contributed by atoms with Gasteiger partial charge in [0.1, 0.15) is 12.8 Å². The molecule has 2 amide bonds. The van der Waals surface area contributed by atoms with Crippen LogP contribution in [-0.2, 0) is 14.3 Å². The third-order valence-electron chi connectivity index (χ3n) is 7.76. The van der Waals surface area contributed by atoms with Crippen molar-refractivity contribution in [3.05, 3.63) is 0 Å².